The summed E-state index contributed by atoms with van der Waals surface area (Å²) in [6.07, 6.45) is 7.30. The highest BCUT2D eigenvalue weighted by Crippen LogP contribution is 2.44. The Morgan fingerprint density at radius 1 is 1.28 bits per heavy atom. The van der Waals surface area contributed by atoms with E-state index in [2.05, 4.69) is 5.32 Å². The number of methoxy groups -OCH3 is 1. The van der Waals surface area contributed by atoms with E-state index in [0.29, 0.717) is 11.5 Å². The van der Waals surface area contributed by atoms with E-state index < -0.39 is 0 Å². The van der Waals surface area contributed by atoms with Crippen molar-refractivity contribution in [2.45, 2.75) is 57.5 Å². The van der Waals surface area contributed by atoms with E-state index >= 15 is 0 Å². The summed E-state index contributed by atoms with van der Waals surface area (Å²) in [7, 11) is 1.44. The van der Waals surface area contributed by atoms with Crippen LogP contribution in [-0.4, -0.2) is 38.4 Å². The van der Waals surface area contributed by atoms with Crippen molar-refractivity contribution in [2.75, 3.05) is 20.3 Å². The van der Waals surface area contributed by atoms with Gasteiger partial charge in [0.1, 0.15) is 6.04 Å². The Morgan fingerprint density at radius 2 is 1.89 bits per heavy atom. The smallest absolute Gasteiger partial charge is 0.322 e. The topological polar surface area (TPSA) is 47.6 Å². The van der Waals surface area contributed by atoms with E-state index in [0.717, 1.165) is 13.2 Å². The summed E-state index contributed by atoms with van der Waals surface area (Å²) in [4.78, 5) is 11.4. The van der Waals surface area contributed by atoms with Crippen LogP contribution in [0.1, 0.15) is 45.4 Å². The Labute approximate surface area is 109 Å². The molecule has 1 heterocycles. The van der Waals surface area contributed by atoms with Crippen LogP contribution in [0.15, 0.2) is 0 Å². The van der Waals surface area contributed by atoms with Crippen LogP contribution in [0, 0.1) is 5.41 Å². The molecule has 104 valence electrons. The molecule has 1 aliphatic carbocycles. The fraction of sp³-hybridized carbons (Fsp3) is 0.929. The van der Waals surface area contributed by atoms with Crippen LogP contribution >= 0.6 is 0 Å². The maximum absolute atomic E-state index is 11.4. The van der Waals surface area contributed by atoms with Crippen molar-refractivity contribution in [2.24, 2.45) is 5.41 Å². The SMILES string of the molecule is COC(=O)[C@H](C)NC1CCC2(CCOCC2)CC1. The zero-order valence-corrected chi connectivity index (χ0v) is 11.5. The molecule has 1 atom stereocenters. The first-order chi connectivity index (χ1) is 8.65. The van der Waals surface area contributed by atoms with Crippen molar-refractivity contribution >= 4 is 5.97 Å². The molecule has 1 saturated carbocycles. The summed E-state index contributed by atoms with van der Waals surface area (Å²) in [6, 6.07) is 0.274. The number of carbonyl (C=O) groups excluding carboxylic acids is 1. The van der Waals surface area contributed by atoms with Crippen molar-refractivity contribution in [3.8, 4) is 0 Å². The molecular formula is C14H25NO3. The Morgan fingerprint density at radius 3 is 2.44 bits per heavy atom. The van der Waals surface area contributed by atoms with Gasteiger partial charge in [-0.2, -0.15) is 0 Å². The molecule has 1 aliphatic heterocycles. The molecule has 4 heteroatoms. The number of esters is 1. The van der Waals surface area contributed by atoms with E-state index in [1.54, 1.807) is 0 Å². The summed E-state index contributed by atoms with van der Waals surface area (Å²) in [5.41, 5.74) is 0.533. The quantitative estimate of drug-likeness (QED) is 0.782. The van der Waals surface area contributed by atoms with Gasteiger partial charge in [-0.3, -0.25) is 4.79 Å². The third kappa shape index (κ3) is 3.23. The van der Waals surface area contributed by atoms with Crippen molar-refractivity contribution in [3.63, 3.8) is 0 Å². The molecule has 1 saturated heterocycles. The van der Waals surface area contributed by atoms with E-state index in [9.17, 15) is 4.79 Å². The van der Waals surface area contributed by atoms with Crippen LogP contribution in [0.4, 0.5) is 0 Å². The lowest BCUT2D eigenvalue weighted by Gasteiger charge is -2.43. The van der Waals surface area contributed by atoms with Crippen LogP contribution in [0.2, 0.25) is 0 Å². The van der Waals surface area contributed by atoms with Gasteiger partial charge in [0.25, 0.3) is 0 Å². The summed E-state index contributed by atoms with van der Waals surface area (Å²) in [6.45, 7) is 3.73. The van der Waals surface area contributed by atoms with Gasteiger partial charge in [-0.15, -0.1) is 0 Å². The molecule has 0 amide bonds. The molecule has 18 heavy (non-hydrogen) atoms. The van der Waals surface area contributed by atoms with Crippen molar-refractivity contribution < 1.29 is 14.3 Å². The fourth-order valence-electron chi connectivity index (χ4n) is 3.30. The normalized spacial score (nSPS) is 25.9. The number of hydrogen-bond donors (Lipinski definition) is 1. The van der Waals surface area contributed by atoms with Gasteiger partial charge >= 0.3 is 5.97 Å². The van der Waals surface area contributed by atoms with Gasteiger partial charge in [-0.05, 0) is 50.9 Å². The Bertz CT molecular complexity index is 277. The van der Waals surface area contributed by atoms with Gasteiger partial charge in [0.05, 0.1) is 7.11 Å². The second kappa shape index (κ2) is 6.02. The van der Waals surface area contributed by atoms with Gasteiger partial charge in [0.15, 0.2) is 0 Å². The number of rotatable bonds is 3. The average Bonchev–Trinajstić information content (AvgIpc) is 2.41. The maximum atomic E-state index is 11.4. The standard InChI is InChI=1S/C14H25NO3/c1-11(13(16)17-2)15-12-3-5-14(6-4-12)7-9-18-10-8-14/h11-12,15H,3-10H2,1-2H3/t11-/m0/s1. The minimum Gasteiger partial charge on any atom is -0.468 e. The van der Waals surface area contributed by atoms with Crippen molar-refractivity contribution in [1.29, 1.82) is 0 Å². The number of hydrogen-bond acceptors (Lipinski definition) is 4. The Hall–Kier alpha value is -0.610. The molecule has 0 bridgehead atoms. The molecule has 0 unspecified atom stereocenters. The third-order valence-corrected chi connectivity index (χ3v) is 4.64. The summed E-state index contributed by atoms with van der Waals surface area (Å²) >= 11 is 0. The van der Waals surface area contributed by atoms with Crippen LogP contribution in [0.3, 0.4) is 0 Å². The predicted octanol–water partition coefficient (Wildman–Crippen LogP) is 1.88. The highest BCUT2D eigenvalue weighted by Gasteiger charge is 2.37. The van der Waals surface area contributed by atoms with Crippen LogP contribution in [-0.2, 0) is 14.3 Å². The van der Waals surface area contributed by atoms with Crippen LogP contribution < -0.4 is 5.32 Å². The number of nitrogens with one attached hydrogen (secondary N) is 1. The molecule has 2 aliphatic rings. The lowest BCUT2D eigenvalue weighted by atomic mass is 9.68. The van der Waals surface area contributed by atoms with Crippen molar-refractivity contribution in [3.05, 3.63) is 0 Å². The largest absolute Gasteiger partial charge is 0.468 e. The van der Waals surface area contributed by atoms with Crippen LogP contribution in [0.25, 0.3) is 0 Å². The average molecular weight is 255 g/mol. The van der Waals surface area contributed by atoms with Gasteiger partial charge < -0.3 is 14.8 Å². The predicted molar refractivity (Wildman–Crippen MR) is 69.4 cm³/mol. The first-order valence-corrected chi connectivity index (χ1v) is 7.07. The monoisotopic (exact) mass is 255 g/mol. The summed E-state index contributed by atoms with van der Waals surface area (Å²) in [5, 5.41) is 3.39. The highest BCUT2D eigenvalue weighted by molar-refractivity contribution is 5.75. The lowest BCUT2D eigenvalue weighted by molar-refractivity contribution is -0.143. The zero-order chi connectivity index (χ0) is 13.0. The zero-order valence-electron chi connectivity index (χ0n) is 11.5. The number of ether oxygens (including phenoxy) is 2. The Kier molecular flexibility index (Phi) is 4.62. The molecule has 1 N–H and O–H groups in total. The van der Waals surface area contributed by atoms with Gasteiger partial charge in [-0.1, -0.05) is 0 Å². The summed E-state index contributed by atoms with van der Waals surface area (Å²) < 4.78 is 10.2. The minimum atomic E-state index is -0.191. The van der Waals surface area contributed by atoms with Gasteiger partial charge in [0.2, 0.25) is 0 Å². The third-order valence-electron chi connectivity index (χ3n) is 4.64. The van der Waals surface area contributed by atoms with Crippen molar-refractivity contribution in [1.82, 2.24) is 5.32 Å². The molecule has 2 fully saturated rings. The molecule has 0 aromatic carbocycles. The molecule has 1 spiro atoms. The van der Waals surface area contributed by atoms with E-state index in [-0.39, 0.29) is 12.0 Å². The fourth-order valence-corrected chi connectivity index (χ4v) is 3.30. The minimum absolute atomic E-state index is 0.165. The van der Waals surface area contributed by atoms with E-state index in [1.807, 2.05) is 6.92 Å². The lowest BCUT2D eigenvalue weighted by Crippen LogP contribution is -2.46. The molecular weight excluding hydrogens is 230 g/mol. The second-order valence-electron chi connectivity index (χ2n) is 5.80. The first kappa shape index (κ1) is 13.8. The highest BCUT2D eigenvalue weighted by atomic mass is 16.5. The molecule has 0 aromatic heterocycles. The van der Waals surface area contributed by atoms with E-state index in [1.165, 1.54) is 45.6 Å². The summed E-state index contributed by atoms with van der Waals surface area (Å²) in [5.74, 6) is -0.165. The molecule has 2 rings (SSSR count). The van der Waals surface area contributed by atoms with E-state index in [4.69, 9.17) is 9.47 Å². The molecule has 0 radical (unpaired) electrons. The molecule has 4 nitrogen and oxygen atoms in total. The van der Waals surface area contributed by atoms with Gasteiger partial charge in [-0.25, -0.2) is 0 Å². The van der Waals surface area contributed by atoms with Gasteiger partial charge in [0, 0.05) is 19.3 Å². The molecule has 0 aromatic rings. The second-order valence-corrected chi connectivity index (χ2v) is 5.80. The Balaban J connectivity index is 1.77. The van der Waals surface area contributed by atoms with Crippen LogP contribution in [0.5, 0.6) is 0 Å². The number of carbonyl (C=O) groups is 1. The first-order valence-electron chi connectivity index (χ1n) is 7.07. The maximum Gasteiger partial charge on any atom is 0.322 e.